The van der Waals surface area contributed by atoms with E-state index in [4.69, 9.17) is 9.15 Å². The molecule has 4 rings (SSSR count). The zero-order valence-electron chi connectivity index (χ0n) is 14.9. The predicted molar refractivity (Wildman–Crippen MR) is 96.6 cm³/mol. The largest absolute Gasteiger partial charge is 0.495 e. The van der Waals surface area contributed by atoms with Crippen LogP contribution in [0.1, 0.15) is 16.2 Å². The molecule has 0 spiro atoms. The van der Waals surface area contributed by atoms with E-state index < -0.39 is 17.8 Å². The van der Waals surface area contributed by atoms with Gasteiger partial charge in [-0.25, -0.2) is 9.50 Å². The molecule has 0 aliphatic rings. The highest BCUT2D eigenvalue weighted by atomic mass is 19.4. The summed E-state index contributed by atoms with van der Waals surface area (Å²) in [4.78, 5) is 16.7. The molecule has 4 aromatic rings. The van der Waals surface area contributed by atoms with E-state index in [1.54, 1.807) is 24.3 Å². The minimum atomic E-state index is -4.72. The molecule has 0 radical (unpaired) electrons. The number of rotatable bonds is 4. The molecule has 3 heterocycles. The molecule has 1 aromatic carbocycles. The van der Waals surface area contributed by atoms with Crippen LogP contribution in [-0.2, 0) is 6.18 Å². The molecule has 7 nitrogen and oxygen atoms in total. The van der Waals surface area contributed by atoms with Crippen molar-refractivity contribution in [1.82, 2.24) is 14.6 Å². The molecule has 1 amide bonds. The highest BCUT2D eigenvalue weighted by molar-refractivity contribution is 6.04. The van der Waals surface area contributed by atoms with Crippen LogP contribution in [0.15, 0.2) is 59.2 Å². The lowest BCUT2D eigenvalue weighted by atomic mass is 10.2. The Balaban J connectivity index is 1.78. The molecule has 0 aliphatic heterocycles. The number of nitrogens with one attached hydrogen (secondary N) is 1. The number of halogens is 3. The summed E-state index contributed by atoms with van der Waals surface area (Å²) in [6, 6.07) is 11.7. The Labute approximate surface area is 161 Å². The number of alkyl halides is 3. The fourth-order valence-electron chi connectivity index (χ4n) is 2.77. The topological polar surface area (TPSA) is 81.7 Å². The van der Waals surface area contributed by atoms with Gasteiger partial charge in [-0.05, 0) is 30.3 Å². The van der Waals surface area contributed by atoms with Crippen molar-refractivity contribution < 1.29 is 27.1 Å². The number of nitrogens with zero attached hydrogens (tertiary/aromatic N) is 3. The molecule has 148 valence electrons. The van der Waals surface area contributed by atoms with Gasteiger partial charge in [0.05, 0.1) is 19.1 Å². The SMILES string of the molecule is COc1ccccc1NC(=O)c1cc2nc(-c3ccco3)cc(C(F)(F)F)n2n1. The van der Waals surface area contributed by atoms with E-state index in [2.05, 4.69) is 15.4 Å². The minimum absolute atomic E-state index is 0.0218. The molecule has 0 aliphatic carbocycles. The number of amides is 1. The second-order valence-corrected chi connectivity index (χ2v) is 5.96. The van der Waals surface area contributed by atoms with Crippen LogP contribution in [0.4, 0.5) is 18.9 Å². The van der Waals surface area contributed by atoms with Gasteiger partial charge in [-0.1, -0.05) is 12.1 Å². The van der Waals surface area contributed by atoms with E-state index in [9.17, 15) is 18.0 Å². The number of anilines is 1. The van der Waals surface area contributed by atoms with E-state index >= 15 is 0 Å². The third-order valence-corrected chi connectivity index (χ3v) is 4.08. The van der Waals surface area contributed by atoms with E-state index in [0.717, 1.165) is 6.07 Å². The van der Waals surface area contributed by atoms with Gasteiger partial charge in [0.1, 0.15) is 11.4 Å². The maximum atomic E-state index is 13.6. The second-order valence-electron chi connectivity index (χ2n) is 5.96. The number of methoxy groups -OCH3 is 1. The molecule has 0 bridgehead atoms. The Morgan fingerprint density at radius 3 is 2.66 bits per heavy atom. The summed E-state index contributed by atoms with van der Waals surface area (Å²) in [6.07, 6.45) is -3.39. The van der Waals surface area contributed by atoms with Crippen molar-refractivity contribution in [2.45, 2.75) is 6.18 Å². The first-order valence-electron chi connectivity index (χ1n) is 8.33. The molecule has 0 saturated carbocycles. The predicted octanol–water partition coefficient (Wildman–Crippen LogP) is 4.27. The summed E-state index contributed by atoms with van der Waals surface area (Å²) in [5.41, 5.74) is -1.11. The van der Waals surface area contributed by atoms with Crippen molar-refractivity contribution >= 4 is 17.2 Å². The summed E-state index contributed by atoms with van der Waals surface area (Å²) in [6.45, 7) is 0. The first-order valence-corrected chi connectivity index (χ1v) is 8.33. The number of hydrogen-bond acceptors (Lipinski definition) is 5. The molecular formula is C19H13F3N4O3. The number of hydrogen-bond donors (Lipinski definition) is 1. The number of carbonyl (C=O) groups is 1. The van der Waals surface area contributed by atoms with Gasteiger partial charge in [0, 0.05) is 6.07 Å². The molecule has 0 unspecified atom stereocenters. The normalized spacial score (nSPS) is 11.6. The molecule has 0 fully saturated rings. The fraction of sp³-hybridized carbons (Fsp3) is 0.105. The Kier molecular flexibility index (Phi) is 4.45. The summed E-state index contributed by atoms with van der Waals surface area (Å²) in [7, 11) is 1.44. The minimum Gasteiger partial charge on any atom is -0.495 e. The first kappa shape index (κ1) is 18.5. The van der Waals surface area contributed by atoms with Crippen molar-refractivity contribution in [3.05, 3.63) is 66.2 Å². The zero-order valence-corrected chi connectivity index (χ0v) is 14.9. The molecule has 0 atom stereocenters. The monoisotopic (exact) mass is 402 g/mol. The van der Waals surface area contributed by atoms with E-state index in [0.29, 0.717) is 16.0 Å². The highest BCUT2D eigenvalue weighted by Gasteiger charge is 2.36. The van der Waals surface area contributed by atoms with Crippen LogP contribution in [0.3, 0.4) is 0 Å². The van der Waals surface area contributed by atoms with Crippen LogP contribution < -0.4 is 10.1 Å². The van der Waals surface area contributed by atoms with Gasteiger partial charge >= 0.3 is 6.18 Å². The lowest BCUT2D eigenvalue weighted by Crippen LogP contribution is -2.16. The zero-order chi connectivity index (χ0) is 20.6. The van der Waals surface area contributed by atoms with Crippen LogP contribution >= 0.6 is 0 Å². The third-order valence-electron chi connectivity index (χ3n) is 4.08. The number of para-hydroxylation sites is 2. The van der Waals surface area contributed by atoms with Crippen molar-refractivity contribution in [3.8, 4) is 17.2 Å². The number of ether oxygens (including phenoxy) is 1. The van der Waals surface area contributed by atoms with Gasteiger partial charge in [-0.2, -0.15) is 18.3 Å². The van der Waals surface area contributed by atoms with Crippen LogP contribution in [0.25, 0.3) is 17.1 Å². The van der Waals surface area contributed by atoms with Crippen LogP contribution in [0, 0.1) is 0 Å². The van der Waals surface area contributed by atoms with Gasteiger partial charge < -0.3 is 14.5 Å². The Bertz CT molecular complexity index is 1180. The van der Waals surface area contributed by atoms with Crippen LogP contribution in [0.5, 0.6) is 5.75 Å². The van der Waals surface area contributed by atoms with Crippen molar-refractivity contribution in [2.24, 2.45) is 0 Å². The van der Waals surface area contributed by atoms with E-state index in [-0.39, 0.29) is 22.8 Å². The lowest BCUT2D eigenvalue weighted by Gasteiger charge is -2.10. The van der Waals surface area contributed by atoms with Gasteiger partial charge in [0.15, 0.2) is 22.8 Å². The molecule has 3 aromatic heterocycles. The van der Waals surface area contributed by atoms with Gasteiger partial charge in [0.2, 0.25) is 0 Å². The van der Waals surface area contributed by atoms with Crippen LogP contribution in [-0.4, -0.2) is 27.6 Å². The number of carbonyl (C=O) groups excluding carboxylic acids is 1. The maximum Gasteiger partial charge on any atom is 0.433 e. The smallest absolute Gasteiger partial charge is 0.433 e. The molecule has 10 heteroatoms. The molecule has 0 saturated heterocycles. The highest BCUT2D eigenvalue weighted by Crippen LogP contribution is 2.32. The maximum absolute atomic E-state index is 13.6. The summed E-state index contributed by atoms with van der Waals surface area (Å²) >= 11 is 0. The second kappa shape index (κ2) is 6.97. The van der Waals surface area contributed by atoms with Gasteiger partial charge in [-0.15, -0.1) is 0 Å². The summed E-state index contributed by atoms with van der Waals surface area (Å²) in [5.74, 6) is -0.134. The number of fused-ring (bicyclic) bond motifs is 1. The van der Waals surface area contributed by atoms with Crippen molar-refractivity contribution in [1.29, 1.82) is 0 Å². The number of furan rings is 1. The van der Waals surface area contributed by atoms with Crippen LogP contribution in [0.2, 0.25) is 0 Å². The van der Waals surface area contributed by atoms with E-state index in [1.807, 2.05) is 0 Å². The standard InChI is InChI=1S/C19H13F3N4O3/c1-28-14-6-3-2-5-11(14)24-18(27)13-10-17-23-12(15-7-4-8-29-15)9-16(19(20,21)22)26(17)25-13/h2-10H,1H3,(H,24,27). The Morgan fingerprint density at radius 1 is 1.17 bits per heavy atom. The molecule has 1 N–H and O–H groups in total. The Morgan fingerprint density at radius 2 is 1.97 bits per heavy atom. The fourth-order valence-corrected chi connectivity index (χ4v) is 2.77. The summed E-state index contributed by atoms with van der Waals surface area (Å²) in [5, 5.41) is 6.38. The van der Waals surface area contributed by atoms with Gasteiger partial charge in [0.25, 0.3) is 5.91 Å². The number of aromatic nitrogens is 3. The van der Waals surface area contributed by atoms with E-state index in [1.165, 1.54) is 31.6 Å². The summed E-state index contributed by atoms with van der Waals surface area (Å²) < 4.78 is 51.6. The quantitative estimate of drug-likeness (QED) is 0.551. The Hall–Kier alpha value is -3.82. The average molecular weight is 402 g/mol. The van der Waals surface area contributed by atoms with Crippen molar-refractivity contribution in [3.63, 3.8) is 0 Å². The van der Waals surface area contributed by atoms with Crippen molar-refractivity contribution in [2.75, 3.05) is 12.4 Å². The average Bonchev–Trinajstić information content (AvgIpc) is 3.36. The first-order chi connectivity index (χ1) is 13.9. The molecule has 29 heavy (non-hydrogen) atoms. The molecular weight excluding hydrogens is 389 g/mol. The lowest BCUT2D eigenvalue weighted by molar-refractivity contribution is -0.142. The van der Waals surface area contributed by atoms with Gasteiger partial charge in [-0.3, -0.25) is 4.79 Å². The number of benzene rings is 1. The third kappa shape index (κ3) is 3.51.